The Morgan fingerprint density at radius 1 is 1.21 bits per heavy atom. The molecule has 0 aliphatic carbocycles. The predicted molar refractivity (Wildman–Crippen MR) is 68.7 cm³/mol. The zero-order chi connectivity index (χ0) is 13.7. The number of benzene rings is 1. The molecule has 0 radical (unpaired) electrons. The number of hydrogen-bond donors (Lipinski definition) is 3. The van der Waals surface area contributed by atoms with E-state index in [-0.39, 0.29) is 12.3 Å². The first-order chi connectivity index (χ1) is 9.19. The third kappa shape index (κ3) is 3.49. The van der Waals surface area contributed by atoms with E-state index in [9.17, 15) is 4.79 Å². The summed E-state index contributed by atoms with van der Waals surface area (Å²) in [6.07, 6.45) is 2.58. The van der Waals surface area contributed by atoms with Crippen LogP contribution in [0.15, 0.2) is 36.7 Å². The topological polar surface area (TPSA) is 95.3 Å². The largest absolute Gasteiger partial charge is 0.476 e. The van der Waals surface area contributed by atoms with Crippen molar-refractivity contribution in [1.82, 2.24) is 9.97 Å². The number of aliphatic hydroxyl groups is 1. The predicted octanol–water partition coefficient (Wildman–Crippen LogP) is 1.28. The van der Waals surface area contributed by atoms with Gasteiger partial charge in [0.25, 0.3) is 0 Å². The molecule has 0 unspecified atom stereocenters. The van der Waals surface area contributed by atoms with Gasteiger partial charge in [0.2, 0.25) is 0 Å². The normalized spacial score (nSPS) is 10.2. The molecule has 0 amide bonds. The molecular weight excluding hydrogens is 246 g/mol. The minimum atomic E-state index is -1.10. The number of nitrogens with one attached hydrogen (secondary N) is 1. The fraction of sp³-hybridized carbons (Fsp3) is 0.154. The molecule has 1 aromatic heterocycles. The Balaban J connectivity index is 1.99. The maximum Gasteiger partial charge on any atom is 0.356 e. The number of rotatable bonds is 5. The summed E-state index contributed by atoms with van der Waals surface area (Å²) in [4.78, 5) is 18.3. The van der Waals surface area contributed by atoms with Crippen molar-refractivity contribution in [3.8, 4) is 0 Å². The van der Waals surface area contributed by atoms with E-state index in [2.05, 4.69) is 15.3 Å². The van der Waals surface area contributed by atoms with Gasteiger partial charge in [0.1, 0.15) is 5.82 Å². The highest BCUT2D eigenvalue weighted by atomic mass is 16.4. The standard InChI is InChI=1S/C13H13N3O3/c17-8-10-3-1-2-9(4-10)5-15-12-7-14-11(6-16-12)13(18)19/h1-4,6-7,17H,5,8H2,(H,15,16)(H,18,19). The van der Waals surface area contributed by atoms with Gasteiger partial charge in [0, 0.05) is 6.54 Å². The van der Waals surface area contributed by atoms with Crippen molar-refractivity contribution in [1.29, 1.82) is 0 Å². The molecule has 2 aromatic rings. The number of carboxylic acids is 1. The lowest BCUT2D eigenvalue weighted by atomic mass is 10.1. The second kappa shape index (κ2) is 5.92. The molecule has 0 aliphatic heterocycles. The summed E-state index contributed by atoms with van der Waals surface area (Å²) in [5.41, 5.74) is 1.75. The minimum absolute atomic E-state index is 0.000947. The van der Waals surface area contributed by atoms with E-state index >= 15 is 0 Å². The van der Waals surface area contributed by atoms with Crippen molar-refractivity contribution >= 4 is 11.8 Å². The van der Waals surface area contributed by atoms with Gasteiger partial charge in [0.05, 0.1) is 19.0 Å². The van der Waals surface area contributed by atoms with Gasteiger partial charge in [-0.05, 0) is 11.1 Å². The van der Waals surface area contributed by atoms with Gasteiger partial charge < -0.3 is 15.5 Å². The second-order valence-corrected chi connectivity index (χ2v) is 3.92. The van der Waals surface area contributed by atoms with Crippen LogP contribution < -0.4 is 5.32 Å². The summed E-state index contributed by atoms with van der Waals surface area (Å²) in [6.45, 7) is 0.524. The Labute approximate surface area is 109 Å². The van der Waals surface area contributed by atoms with Gasteiger partial charge >= 0.3 is 5.97 Å². The highest BCUT2D eigenvalue weighted by Crippen LogP contribution is 2.08. The van der Waals surface area contributed by atoms with Crippen molar-refractivity contribution in [3.05, 3.63) is 53.5 Å². The first-order valence-electron chi connectivity index (χ1n) is 5.67. The number of hydrogen-bond acceptors (Lipinski definition) is 5. The van der Waals surface area contributed by atoms with Crippen LogP contribution >= 0.6 is 0 Å². The molecular formula is C13H13N3O3. The maximum atomic E-state index is 10.6. The highest BCUT2D eigenvalue weighted by molar-refractivity contribution is 5.84. The molecule has 6 nitrogen and oxygen atoms in total. The van der Waals surface area contributed by atoms with E-state index in [1.165, 1.54) is 12.4 Å². The molecule has 0 bridgehead atoms. The average molecular weight is 259 g/mol. The van der Waals surface area contributed by atoms with Gasteiger partial charge in [-0.1, -0.05) is 24.3 Å². The Morgan fingerprint density at radius 2 is 2.00 bits per heavy atom. The summed E-state index contributed by atoms with van der Waals surface area (Å²) < 4.78 is 0. The first-order valence-corrected chi connectivity index (χ1v) is 5.67. The molecule has 3 N–H and O–H groups in total. The summed E-state index contributed by atoms with van der Waals surface area (Å²) in [7, 11) is 0. The Morgan fingerprint density at radius 3 is 2.63 bits per heavy atom. The van der Waals surface area contributed by atoms with Gasteiger partial charge in [-0.2, -0.15) is 0 Å². The lowest BCUT2D eigenvalue weighted by Gasteiger charge is -2.06. The number of anilines is 1. The van der Waals surface area contributed by atoms with E-state index in [1.54, 1.807) is 0 Å². The van der Waals surface area contributed by atoms with Crippen LogP contribution in [0.5, 0.6) is 0 Å². The zero-order valence-electron chi connectivity index (χ0n) is 10.1. The van der Waals surface area contributed by atoms with E-state index in [4.69, 9.17) is 10.2 Å². The number of aromatic nitrogens is 2. The van der Waals surface area contributed by atoms with Crippen LogP contribution in [-0.4, -0.2) is 26.2 Å². The molecule has 1 aromatic carbocycles. The molecule has 1 heterocycles. The van der Waals surface area contributed by atoms with E-state index in [0.29, 0.717) is 12.4 Å². The van der Waals surface area contributed by atoms with Crippen molar-refractivity contribution in [3.63, 3.8) is 0 Å². The molecule has 6 heteroatoms. The molecule has 0 atom stereocenters. The highest BCUT2D eigenvalue weighted by Gasteiger charge is 2.04. The number of aromatic carboxylic acids is 1. The molecule has 0 spiro atoms. The lowest BCUT2D eigenvalue weighted by Crippen LogP contribution is -2.05. The van der Waals surface area contributed by atoms with Gasteiger partial charge in [-0.3, -0.25) is 0 Å². The molecule has 0 saturated heterocycles. The van der Waals surface area contributed by atoms with Crippen molar-refractivity contribution in [2.75, 3.05) is 5.32 Å². The Bertz CT molecular complexity index is 570. The molecule has 98 valence electrons. The van der Waals surface area contributed by atoms with Crippen LogP contribution in [0, 0.1) is 0 Å². The van der Waals surface area contributed by atoms with Crippen LogP contribution in [0.4, 0.5) is 5.82 Å². The summed E-state index contributed by atoms with van der Waals surface area (Å²) in [5, 5.41) is 20.8. The SMILES string of the molecule is O=C(O)c1cnc(NCc2cccc(CO)c2)cn1. The van der Waals surface area contributed by atoms with Crippen molar-refractivity contribution in [2.24, 2.45) is 0 Å². The molecule has 19 heavy (non-hydrogen) atoms. The number of aliphatic hydroxyl groups excluding tert-OH is 1. The van der Waals surface area contributed by atoms with Crippen molar-refractivity contribution < 1.29 is 15.0 Å². The van der Waals surface area contributed by atoms with Gasteiger partial charge in [-0.25, -0.2) is 14.8 Å². The number of carboxylic acid groups (broad SMARTS) is 1. The number of carbonyl (C=O) groups is 1. The van der Waals surface area contributed by atoms with E-state index in [0.717, 1.165) is 11.1 Å². The average Bonchev–Trinajstić information content (AvgIpc) is 2.46. The summed E-state index contributed by atoms with van der Waals surface area (Å²) in [5.74, 6) is -0.603. The smallest absolute Gasteiger partial charge is 0.356 e. The third-order valence-electron chi connectivity index (χ3n) is 2.52. The van der Waals surface area contributed by atoms with Crippen LogP contribution in [0.3, 0.4) is 0 Å². The van der Waals surface area contributed by atoms with Crippen LogP contribution in [0.1, 0.15) is 21.6 Å². The van der Waals surface area contributed by atoms with Crippen LogP contribution in [-0.2, 0) is 13.2 Å². The first kappa shape index (κ1) is 13.0. The van der Waals surface area contributed by atoms with E-state index < -0.39 is 5.97 Å². The molecule has 2 rings (SSSR count). The van der Waals surface area contributed by atoms with Gasteiger partial charge in [0.15, 0.2) is 5.69 Å². The molecule has 0 saturated carbocycles. The minimum Gasteiger partial charge on any atom is -0.476 e. The fourth-order valence-corrected chi connectivity index (χ4v) is 1.56. The van der Waals surface area contributed by atoms with Crippen LogP contribution in [0.25, 0.3) is 0 Å². The quantitative estimate of drug-likeness (QED) is 0.748. The fourth-order valence-electron chi connectivity index (χ4n) is 1.56. The van der Waals surface area contributed by atoms with Gasteiger partial charge in [-0.15, -0.1) is 0 Å². The Hall–Kier alpha value is -2.47. The lowest BCUT2D eigenvalue weighted by molar-refractivity contribution is 0.0690. The Kier molecular flexibility index (Phi) is 4.04. The molecule has 0 fully saturated rings. The van der Waals surface area contributed by atoms with Crippen molar-refractivity contribution in [2.45, 2.75) is 13.2 Å². The second-order valence-electron chi connectivity index (χ2n) is 3.92. The molecule has 0 aliphatic rings. The van der Waals surface area contributed by atoms with E-state index in [1.807, 2.05) is 24.3 Å². The third-order valence-corrected chi connectivity index (χ3v) is 2.52. The van der Waals surface area contributed by atoms with Crippen LogP contribution in [0.2, 0.25) is 0 Å². The number of nitrogens with zero attached hydrogens (tertiary/aromatic N) is 2. The summed E-state index contributed by atoms with van der Waals surface area (Å²) in [6, 6.07) is 7.50. The zero-order valence-corrected chi connectivity index (χ0v) is 10.1. The summed E-state index contributed by atoms with van der Waals surface area (Å²) >= 11 is 0. The maximum absolute atomic E-state index is 10.6. The monoisotopic (exact) mass is 259 g/mol.